The van der Waals surface area contributed by atoms with Gasteiger partial charge in [0.05, 0.1) is 18.2 Å². The number of nitrogens with zero attached hydrogens (tertiary/aromatic N) is 2. The topological polar surface area (TPSA) is 79.7 Å². The summed E-state index contributed by atoms with van der Waals surface area (Å²) in [6.45, 7) is 4.57. The monoisotopic (exact) mass is 490 g/mol. The molecule has 6 nitrogen and oxygen atoms in total. The number of halogens is 1. The Bertz CT molecular complexity index is 1260. The van der Waals surface area contributed by atoms with E-state index in [0.717, 1.165) is 24.8 Å². The van der Waals surface area contributed by atoms with E-state index in [1.807, 2.05) is 6.92 Å². The molecule has 1 amide bonds. The van der Waals surface area contributed by atoms with E-state index >= 15 is 0 Å². The predicted molar refractivity (Wildman–Crippen MR) is 137 cm³/mol. The van der Waals surface area contributed by atoms with Crippen molar-refractivity contribution >= 4 is 34.7 Å². The number of rotatable bonds is 8. The summed E-state index contributed by atoms with van der Waals surface area (Å²) in [7, 11) is 0. The number of unbranched alkanes of at least 4 members (excludes halogenated alkanes) is 2. The fraction of sp³-hybridized carbons (Fsp3) is 0.250. The van der Waals surface area contributed by atoms with Crippen LogP contribution in [0.3, 0.4) is 0 Å². The molecule has 4 rings (SSSR count). The third kappa shape index (κ3) is 5.08. The number of aliphatic hydroxyl groups excluding tert-OH is 1. The second-order valence-corrected chi connectivity index (χ2v) is 8.90. The van der Waals surface area contributed by atoms with Gasteiger partial charge in [-0.15, -0.1) is 0 Å². The van der Waals surface area contributed by atoms with Crippen LogP contribution >= 0.6 is 11.6 Å². The second-order valence-electron chi connectivity index (χ2n) is 8.47. The standard InChI is InChI=1S/C28H27ClN2O4/c1-3-4-5-15-35-22-11-8-19(9-12-22)26(32)24-25(20-7-6-14-30-17-20)31(28(34)27(24)33)23-13-10-21(29)16-18(23)2/h6-14,16-17,25,32H,3-5,15H2,1-2H3/b26-24+. The summed E-state index contributed by atoms with van der Waals surface area (Å²) in [6.07, 6.45) is 6.39. The lowest BCUT2D eigenvalue weighted by molar-refractivity contribution is -0.132. The highest BCUT2D eigenvalue weighted by atomic mass is 35.5. The van der Waals surface area contributed by atoms with Crippen molar-refractivity contribution in [1.82, 2.24) is 4.98 Å². The zero-order valence-corrected chi connectivity index (χ0v) is 20.5. The number of ketones is 1. The molecular weight excluding hydrogens is 464 g/mol. The van der Waals surface area contributed by atoms with Crippen LogP contribution in [0.1, 0.15) is 48.9 Å². The molecule has 0 spiro atoms. The zero-order chi connectivity index (χ0) is 24.9. The van der Waals surface area contributed by atoms with Gasteiger partial charge in [-0.2, -0.15) is 0 Å². The smallest absolute Gasteiger partial charge is 0.300 e. The SMILES string of the molecule is CCCCCOc1ccc(/C(O)=C2\C(=O)C(=O)N(c3ccc(Cl)cc3C)C2c2cccnc2)cc1. The van der Waals surface area contributed by atoms with Crippen molar-refractivity contribution in [2.45, 2.75) is 39.2 Å². The van der Waals surface area contributed by atoms with Crippen molar-refractivity contribution in [2.75, 3.05) is 11.5 Å². The molecule has 1 aromatic heterocycles. The average Bonchev–Trinajstić information content (AvgIpc) is 3.13. The fourth-order valence-electron chi connectivity index (χ4n) is 4.23. The molecule has 1 aliphatic heterocycles. The third-order valence-electron chi connectivity index (χ3n) is 6.01. The molecule has 7 heteroatoms. The molecule has 1 unspecified atom stereocenters. The first-order chi connectivity index (χ1) is 16.9. The van der Waals surface area contributed by atoms with E-state index in [-0.39, 0.29) is 11.3 Å². The lowest BCUT2D eigenvalue weighted by Gasteiger charge is -2.26. The van der Waals surface area contributed by atoms with Gasteiger partial charge in [0.2, 0.25) is 0 Å². The van der Waals surface area contributed by atoms with E-state index in [4.69, 9.17) is 16.3 Å². The van der Waals surface area contributed by atoms with Crippen LogP contribution in [0.2, 0.25) is 5.02 Å². The number of anilines is 1. The maximum absolute atomic E-state index is 13.3. The van der Waals surface area contributed by atoms with E-state index in [9.17, 15) is 14.7 Å². The van der Waals surface area contributed by atoms with Gasteiger partial charge in [-0.3, -0.25) is 19.5 Å². The molecule has 35 heavy (non-hydrogen) atoms. The number of hydrogen-bond donors (Lipinski definition) is 1. The summed E-state index contributed by atoms with van der Waals surface area (Å²) in [6, 6.07) is 14.6. The van der Waals surface area contributed by atoms with Crippen LogP contribution in [-0.2, 0) is 9.59 Å². The third-order valence-corrected chi connectivity index (χ3v) is 6.24. The van der Waals surface area contributed by atoms with Crippen molar-refractivity contribution in [3.8, 4) is 5.75 Å². The summed E-state index contributed by atoms with van der Waals surface area (Å²) < 4.78 is 5.75. The molecule has 1 fully saturated rings. The van der Waals surface area contributed by atoms with E-state index in [2.05, 4.69) is 11.9 Å². The molecule has 1 atom stereocenters. The van der Waals surface area contributed by atoms with Gasteiger partial charge in [0.15, 0.2) is 0 Å². The molecule has 2 heterocycles. The van der Waals surface area contributed by atoms with Crippen molar-refractivity contribution in [2.24, 2.45) is 0 Å². The number of benzene rings is 2. The number of ether oxygens (including phenoxy) is 1. The number of Topliss-reactive ketones (excluding diaryl/α,β-unsaturated/α-hetero) is 1. The van der Waals surface area contributed by atoms with E-state index < -0.39 is 17.7 Å². The molecule has 3 aromatic rings. The van der Waals surface area contributed by atoms with Crippen LogP contribution in [0.5, 0.6) is 5.75 Å². The number of carbonyl (C=O) groups is 2. The Labute approximate surface area is 209 Å². The van der Waals surface area contributed by atoms with Crippen LogP contribution in [0.15, 0.2) is 72.6 Å². The van der Waals surface area contributed by atoms with Gasteiger partial charge < -0.3 is 9.84 Å². The van der Waals surface area contributed by atoms with Crippen LogP contribution in [0.25, 0.3) is 5.76 Å². The number of aromatic nitrogens is 1. The Morgan fingerprint density at radius 3 is 2.54 bits per heavy atom. The molecule has 1 saturated heterocycles. The first-order valence-electron chi connectivity index (χ1n) is 11.6. The minimum absolute atomic E-state index is 0.00830. The van der Waals surface area contributed by atoms with Gasteiger partial charge in [0.25, 0.3) is 11.7 Å². The number of amides is 1. The first-order valence-corrected chi connectivity index (χ1v) is 12.0. The van der Waals surface area contributed by atoms with E-state index in [1.54, 1.807) is 67.0 Å². The Morgan fingerprint density at radius 2 is 1.89 bits per heavy atom. The number of carbonyl (C=O) groups excluding carboxylic acids is 2. The van der Waals surface area contributed by atoms with E-state index in [0.29, 0.717) is 34.2 Å². The zero-order valence-electron chi connectivity index (χ0n) is 19.7. The quantitative estimate of drug-likeness (QED) is 0.175. The molecule has 0 aliphatic carbocycles. The maximum Gasteiger partial charge on any atom is 0.300 e. The highest BCUT2D eigenvalue weighted by Gasteiger charge is 2.47. The summed E-state index contributed by atoms with van der Waals surface area (Å²) in [5.41, 5.74) is 2.32. The number of aliphatic hydroxyl groups is 1. The summed E-state index contributed by atoms with van der Waals surface area (Å²) in [5.74, 6) is -1.05. The molecular formula is C28H27ClN2O4. The predicted octanol–water partition coefficient (Wildman–Crippen LogP) is 6.24. The first kappa shape index (κ1) is 24.5. The Balaban J connectivity index is 1.76. The summed E-state index contributed by atoms with van der Waals surface area (Å²) >= 11 is 6.12. The fourth-order valence-corrected chi connectivity index (χ4v) is 4.46. The molecule has 1 N–H and O–H groups in total. The van der Waals surface area contributed by atoms with Gasteiger partial charge in [-0.1, -0.05) is 37.4 Å². The number of pyridine rings is 1. The van der Waals surface area contributed by atoms with Gasteiger partial charge in [-0.25, -0.2) is 0 Å². The average molecular weight is 491 g/mol. The summed E-state index contributed by atoms with van der Waals surface area (Å²) in [4.78, 5) is 32.1. The summed E-state index contributed by atoms with van der Waals surface area (Å²) in [5, 5.41) is 11.8. The molecule has 0 radical (unpaired) electrons. The highest BCUT2D eigenvalue weighted by Crippen LogP contribution is 2.43. The van der Waals surface area contributed by atoms with Crippen LogP contribution < -0.4 is 9.64 Å². The minimum Gasteiger partial charge on any atom is -0.507 e. The van der Waals surface area contributed by atoms with Crippen molar-refractivity contribution in [3.05, 3.63) is 94.3 Å². The van der Waals surface area contributed by atoms with Gasteiger partial charge in [0.1, 0.15) is 11.5 Å². The Kier molecular flexibility index (Phi) is 7.51. The minimum atomic E-state index is -0.839. The van der Waals surface area contributed by atoms with Gasteiger partial charge >= 0.3 is 0 Å². The van der Waals surface area contributed by atoms with Crippen LogP contribution in [0.4, 0.5) is 5.69 Å². The molecule has 0 saturated carbocycles. The van der Waals surface area contributed by atoms with Gasteiger partial charge in [-0.05, 0) is 73.0 Å². The maximum atomic E-state index is 13.3. The lowest BCUT2D eigenvalue weighted by atomic mass is 9.96. The van der Waals surface area contributed by atoms with Crippen molar-refractivity contribution in [3.63, 3.8) is 0 Å². The number of hydrogen-bond acceptors (Lipinski definition) is 5. The Hall–Kier alpha value is -3.64. The van der Waals surface area contributed by atoms with Crippen LogP contribution in [0, 0.1) is 6.92 Å². The molecule has 180 valence electrons. The largest absolute Gasteiger partial charge is 0.507 e. The van der Waals surface area contributed by atoms with Gasteiger partial charge in [0, 0.05) is 28.7 Å². The second kappa shape index (κ2) is 10.7. The Morgan fingerprint density at radius 1 is 1.11 bits per heavy atom. The molecule has 2 aromatic carbocycles. The van der Waals surface area contributed by atoms with Crippen LogP contribution in [-0.4, -0.2) is 28.4 Å². The lowest BCUT2D eigenvalue weighted by Crippen LogP contribution is -2.30. The van der Waals surface area contributed by atoms with E-state index in [1.165, 1.54) is 4.90 Å². The highest BCUT2D eigenvalue weighted by molar-refractivity contribution is 6.51. The molecule has 1 aliphatic rings. The van der Waals surface area contributed by atoms with Crippen molar-refractivity contribution in [1.29, 1.82) is 0 Å². The molecule has 0 bridgehead atoms. The normalized spacial score (nSPS) is 17.1. The number of aryl methyl sites for hydroxylation is 1. The van der Waals surface area contributed by atoms with Crippen molar-refractivity contribution < 1.29 is 19.4 Å².